The molecule has 8 heteroatoms. The van der Waals surface area contributed by atoms with E-state index in [1.807, 2.05) is 30.4 Å². The number of piperidine rings is 1. The van der Waals surface area contributed by atoms with Crippen molar-refractivity contribution in [3.05, 3.63) is 64.7 Å². The van der Waals surface area contributed by atoms with E-state index < -0.39 is 5.82 Å². The van der Waals surface area contributed by atoms with Crippen LogP contribution in [0.2, 0.25) is 5.02 Å². The predicted octanol–water partition coefficient (Wildman–Crippen LogP) is 7.89. The zero-order valence-electron chi connectivity index (χ0n) is 24.9. The first-order valence-electron chi connectivity index (χ1n) is 15.6. The molecule has 0 saturated carbocycles. The van der Waals surface area contributed by atoms with Gasteiger partial charge in [-0.3, -0.25) is 0 Å². The molecule has 2 aliphatic carbocycles. The van der Waals surface area contributed by atoms with E-state index in [2.05, 4.69) is 30.7 Å². The van der Waals surface area contributed by atoms with Gasteiger partial charge in [-0.25, -0.2) is 4.39 Å². The fourth-order valence-corrected chi connectivity index (χ4v) is 7.49. The lowest BCUT2D eigenvalue weighted by atomic mass is 9.76. The molecule has 3 heterocycles. The van der Waals surface area contributed by atoms with Crippen LogP contribution in [0.15, 0.2) is 48.3 Å². The van der Waals surface area contributed by atoms with Gasteiger partial charge in [-0.15, -0.1) is 0 Å². The van der Waals surface area contributed by atoms with Crippen LogP contribution in [-0.4, -0.2) is 58.8 Å². The number of fused-ring (bicyclic) bond motifs is 2. The average Bonchev–Trinajstić information content (AvgIpc) is 3.17. The molecule has 5 atom stereocenters. The number of rotatable bonds is 6. The highest BCUT2D eigenvalue weighted by Gasteiger charge is 2.33. The summed E-state index contributed by atoms with van der Waals surface area (Å²) in [6.07, 6.45) is 19.1. The van der Waals surface area contributed by atoms with Crippen LogP contribution in [0.3, 0.4) is 0 Å². The fraction of sp³-hybridized carbons (Fsp3) is 0.529. The summed E-state index contributed by atoms with van der Waals surface area (Å²) in [5, 5.41) is 11.5. The number of likely N-dealkylation sites (tertiary alicyclic amines) is 1. The maximum absolute atomic E-state index is 16.9. The number of benzene rings is 1. The minimum Gasteiger partial charge on any atom is -0.508 e. The van der Waals surface area contributed by atoms with E-state index in [-0.39, 0.29) is 46.8 Å². The molecular weight excluding hydrogens is 551 g/mol. The molecule has 4 unspecified atom stereocenters. The summed E-state index contributed by atoms with van der Waals surface area (Å²) in [5.41, 5.74) is 1.13. The summed E-state index contributed by atoms with van der Waals surface area (Å²) in [6, 6.07) is 2.59. The van der Waals surface area contributed by atoms with E-state index in [1.54, 1.807) is 12.2 Å². The van der Waals surface area contributed by atoms with Gasteiger partial charge in [0.2, 0.25) is 0 Å². The first-order chi connectivity index (χ1) is 20.3. The van der Waals surface area contributed by atoms with E-state index in [4.69, 9.17) is 26.3 Å². The molecule has 0 amide bonds. The second-order valence-electron chi connectivity index (χ2n) is 12.5. The Labute approximate surface area is 253 Å². The Hall–Kier alpha value is -2.90. The number of hydrogen-bond acceptors (Lipinski definition) is 6. The average molecular weight is 593 g/mol. The lowest BCUT2D eigenvalue weighted by Gasteiger charge is -2.34. The van der Waals surface area contributed by atoms with Crippen LogP contribution in [0.4, 0.5) is 10.2 Å². The van der Waals surface area contributed by atoms with Crippen LogP contribution in [0.5, 0.6) is 6.01 Å². The zero-order valence-corrected chi connectivity index (χ0v) is 25.7. The Morgan fingerprint density at radius 1 is 1.10 bits per heavy atom. The van der Waals surface area contributed by atoms with Crippen LogP contribution in [0.1, 0.15) is 64.4 Å². The number of anilines is 1. The summed E-state index contributed by atoms with van der Waals surface area (Å²) in [4.78, 5) is 14.3. The van der Waals surface area contributed by atoms with E-state index in [1.165, 1.54) is 12.8 Å². The van der Waals surface area contributed by atoms with Crippen LogP contribution >= 0.6 is 11.6 Å². The van der Waals surface area contributed by atoms with Crippen molar-refractivity contribution < 1.29 is 14.2 Å². The Morgan fingerprint density at radius 3 is 2.71 bits per heavy atom. The first-order valence-corrected chi connectivity index (χ1v) is 16.0. The molecule has 4 aliphatic rings. The van der Waals surface area contributed by atoms with Crippen LogP contribution in [0, 0.1) is 23.6 Å². The Bertz CT molecular complexity index is 1450. The number of ether oxygens (including phenoxy) is 1. The predicted molar refractivity (Wildman–Crippen MR) is 169 cm³/mol. The maximum atomic E-state index is 16.9. The number of allylic oxidation sites excluding steroid dienone is 7. The quantitative estimate of drug-likeness (QED) is 0.368. The highest BCUT2D eigenvalue weighted by atomic mass is 35.5. The number of likely N-dealkylation sites (N-methyl/N-ethyl adjacent to an activating group) is 1. The molecule has 2 aromatic rings. The molecule has 1 aromatic heterocycles. The molecule has 2 fully saturated rings. The van der Waals surface area contributed by atoms with Gasteiger partial charge in [0.15, 0.2) is 5.82 Å². The molecule has 1 aromatic carbocycles. The summed E-state index contributed by atoms with van der Waals surface area (Å²) >= 11 is 6.95. The van der Waals surface area contributed by atoms with Crippen LogP contribution in [-0.2, 0) is 0 Å². The van der Waals surface area contributed by atoms with Crippen molar-refractivity contribution in [2.75, 3.05) is 31.6 Å². The van der Waals surface area contributed by atoms with Crippen molar-refractivity contribution >= 4 is 33.9 Å². The molecule has 1 N–H and O–H groups in total. The van der Waals surface area contributed by atoms with Gasteiger partial charge in [0.1, 0.15) is 23.7 Å². The number of nitrogens with zero attached hydrogens (tertiary/aromatic N) is 4. The molecule has 0 spiro atoms. The van der Waals surface area contributed by atoms with Gasteiger partial charge in [-0.05, 0) is 75.4 Å². The summed E-state index contributed by atoms with van der Waals surface area (Å²) in [7, 11) is 2.13. The Balaban J connectivity index is 1.49. The van der Waals surface area contributed by atoms with Crippen molar-refractivity contribution in [1.82, 2.24) is 14.9 Å². The van der Waals surface area contributed by atoms with Gasteiger partial charge in [-0.1, -0.05) is 62.6 Å². The van der Waals surface area contributed by atoms with Crippen molar-refractivity contribution in [3.8, 4) is 6.01 Å². The molecule has 224 valence electrons. The second-order valence-corrected chi connectivity index (χ2v) is 12.9. The molecule has 6 rings (SSSR count). The van der Waals surface area contributed by atoms with Crippen molar-refractivity contribution in [1.29, 1.82) is 0 Å². The van der Waals surface area contributed by atoms with E-state index in [0.29, 0.717) is 34.3 Å². The largest absolute Gasteiger partial charge is 0.508 e. The lowest BCUT2D eigenvalue weighted by molar-refractivity contribution is 0.120. The molecule has 2 saturated heterocycles. The van der Waals surface area contributed by atoms with Gasteiger partial charge in [0.05, 0.1) is 5.02 Å². The molecule has 42 heavy (non-hydrogen) atoms. The molecule has 6 nitrogen and oxygen atoms in total. The Kier molecular flexibility index (Phi) is 8.60. The smallest absolute Gasteiger partial charge is 0.319 e. The molecule has 2 aliphatic heterocycles. The first kappa shape index (κ1) is 29.2. The van der Waals surface area contributed by atoms with Gasteiger partial charge in [0.25, 0.3) is 0 Å². The second kappa shape index (κ2) is 12.4. The third-order valence-electron chi connectivity index (χ3n) is 9.59. The Morgan fingerprint density at radius 2 is 1.90 bits per heavy atom. The maximum Gasteiger partial charge on any atom is 0.319 e. The number of halogens is 2. The SMILES string of the molecule is CCC1CCCC(C)CN1c1nc(OC[C@@H]2CCCCN2C)nc2c(F)c(C3=CC(O)=CC4C=CC=CC34)c(Cl)cc12. The van der Waals surface area contributed by atoms with Gasteiger partial charge < -0.3 is 19.6 Å². The summed E-state index contributed by atoms with van der Waals surface area (Å²) in [6.45, 7) is 6.81. The van der Waals surface area contributed by atoms with Gasteiger partial charge >= 0.3 is 6.01 Å². The number of hydrogen-bond donors (Lipinski definition) is 1. The lowest BCUT2D eigenvalue weighted by Crippen LogP contribution is -2.40. The third kappa shape index (κ3) is 5.70. The fourth-order valence-electron chi connectivity index (χ4n) is 7.19. The standard InChI is InChI=1S/C34H42ClFN4O2/c1-4-23-13-9-10-21(2)19-40(23)33-28-18-29(35)30(27-17-25(41)16-22-11-5-6-14-26(22)27)31(36)32(28)37-34(38-33)42-20-24-12-7-8-15-39(24)3/h5-6,11,14,16-18,21-24,26,41H,4,7-10,12-13,15,19-20H2,1-3H3/t21?,22?,23?,24-,26?/m0/s1. The minimum absolute atomic E-state index is 0.0719. The van der Waals surface area contributed by atoms with Crippen molar-refractivity contribution in [2.45, 2.75) is 70.9 Å². The van der Waals surface area contributed by atoms with E-state index >= 15 is 4.39 Å². The molecule has 0 bridgehead atoms. The third-order valence-corrected chi connectivity index (χ3v) is 9.89. The van der Waals surface area contributed by atoms with E-state index in [9.17, 15) is 5.11 Å². The summed E-state index contributed by atoms with van der Waals surface area (Å²) < 4.78 is 23.2. The zero-order chi connectivity index (χ0) is 29.4. The van der Waals surface area contributed by atoms with Crippen molar-refractivity contribution in [3.63, 3.8) is 0 Å². The van der Waals surface area contributed by atoms with Crippen molar-refractivity contribution in [2.24, 2.45) is 17.8 Å². The minimum atomic E-state index is -0.501. The van der Waals surface area contributed by atoms with Gasteiger partial charge in [-0.2, -0.15) is 9.97 Å². The summed E-state index contributed by atoms with van der Waals surface area (Å²) in [5.74, 6) is 0.576. The normalized spacial score (nSPS) is 28.3. The number of aromatic nitrogens is 2. The van der Waals surface area contributed by atoms with Crippen LogP contribution in [0.25, 0.3) is 16.5 Å². The highest BCUT2D eigenvalue weighted by Crippen LogP contribution is 2.45. The number of aliphatic hydroxyl groups is 1. The molecule has 0 radical (unpaired) electrons. The van der Waals surface area contributed by atoms with Crippen LogP contribution < -0.4 is 9.64 Å². The van der Waals surface area contributed by atoms with Gasteiger partial charge in [0, 0.05) is 41.4 Å². The monoisotopic (exact) mass is 592 g/mol. The topological polar surface area (TPSA) is 61.7 Å². The molecular formula is C34H42ClFN4O2. The highest BCUT2D eigenvalue weighted by molar-refractivity contribution is 6.33. The number of aliphatic hydroxyl groups excluding tert-OH is 1. The van der Waals surface area contributed by atoms with E-state index in [0.717, 1.165) is 45.2 Å².